The molecule has 1 N–H and O–H groups in total. The maximum Gasteiger partial charge on any atom is 0.118 e. The van der Waals surface area contributed by atoms with E-state index in [1.807, 2.05) is 0 Å². The first-order chi connectivity index (χ1) is 9.68. The van der Waals surface area contributed by atoms with E-state index in [2.05, 4.69) is 41.4 Å². The van der Waals surface area contributed by atoms with Crippen LogP contribution in [0.25, 0.3) is 0 Å². The highest BCUT2D eigenvalue weighted by molar-refractivity contribution is 5.85. The van der Waals surface area contributed by atoms with Crippen molar-refractivity contribution in [2.45, 2.75) is 25.7 Å². The van der Waals surface area contributed by atoms with E-state index in [1.165, 1.54) is 51.1 Å². The second-order valence-electron chi connectivity index (χ2n) is 6.73. The molecule has 0 aliphatic carbocycles. The summed E-state index contributed by atoms with van der Waals surface area (Å²) in [6.07, 6.45) is 2.60. The Morgan fingerprint density at radius 2 is 2.10 bits per heavy atom. The normalized spacial score (nSPS) is 29.3. The number of nitrogens with zero attached hydrogens (tertiary/aromatic N) is 1. The van der Waals surface area contributed by atoms with Gasteiger partial charge in [-0.25, -0.2) is 0 Å². The van der Waals surface area contributed by atoms with Crippen LogP contribution in [0.15, 0.2) is 24.3 Å². The third-order valence-electron chi connectivity index (χ3n) is 4.92. The monoisotopic (exact) mass is 310 g/mol. The number of benzene rings is 1. The van der Waals surface area contributed by atoms with Gasteiger partial charge in [-0.05, 0) is 55.0 Å². The second-order valence-corrected chi connectivity index (χ2v) is 6.73. The van der Waals surface area contributed by atoms with E-state index in [1.54, 1.807) is 7.11 Å². The van der Waals surface area contributed by atoms with Crippen LogP contribution in [-0.2, 0) is 0 Å². The van der Waals surface area contributed by atoms with E-state index in [0.29, 0.717) is 11.3 Å². The van der Waals surface area contributed by atoms with Gasteiger partial charge in [-0.15, -0.1) is 12.4 Å². The maximum atomic E-state index is 5.24. The van der Waals surface area contributed by atoms with Crippen molar-refractivity contribution >= 4 is 12.4 Å². The topological polar surface area (TPSA) is 24.5 Å². The highest BCUT2D eigenvalue weighted by atomic mass is 35.5. The molecule has 21 heavy (non-hydrogen) atoms. The minimum atomic E-state index is 0. The summed E-state index contributed by atoms with van der Waals surface area (Å²) < 4.78 is 5.24. The average molecular weight is 311 g/mol. The fraction of sp³-hybridized carbons (Fsp3) is 0.647. The Morgan fingerprint density at radius 3 is 2.71 bits per heavy atom. The summed E-state index contributed by atoms with van der Waals surface area (Å²) in [4.78, 5) is 2.65. The van der Waals surface area contributed by atoms with Gasteiger partial charge in [0, 0.05) is 19.6 Å². The number of likely N-dealkylation sites (tertiary alicyclic amines) is 1. The molecule has 3 nitrogen and oxygen atoms in total. The Bertz CT molecular complexity index is 443. The van der Waals surface area contributed by atoms with Crippen molar-refractivity contribution in [2.75, 3.05) is 39.8 Å². The molecule has 118 valence electrons. The molecular formula is C17H27ClN2O. The highest BCUT2D eigenvalue weighted by Gasteiger charge is 2.33. The van der Waals surface area contributed by atoms with Gasteiger partial charge in [-0.3, -0.25) is 0 Å². The van der Waals surface area contributed by atoms with E-state index in [0.717, 1.165) is 5.75 Å². The number of ether oxygens (including phenoxy) is 1. The molecule has 2 aliphatic rings. The Labute approximate surface area is 134 Å². The predicted molar refractivity (Wildman–Crippen MR) is 89.6 cm³/mol. The molecule has 2 fully saturated rings. The molecule has 0 bridgehead atoms. The van der Waals surface area contributed by atoms with Gasteiger partial charge in [-0.2, -0.15) is 0 Å². The van der Waals surface area contributed by atoms with Gasteiger partial charge in [0.25, 0.3) is 0 Å². The summed E-state index contributed by atoms with van der Waals surface area (Å²) in [6, 6.07) is 8.62. The van der Waals surface area contributed by atoms with Crippen molar-refractivity contribution in [3.05, 3.63) is 29.8 Å². The van der Waals surface area contributed by atoms with Crippen molar-refractivity contribution in [2.24, 2.45) is 5.41 Å². The molecule has 3 rings (SSSR count). The van der Waals surface area contributed by atoms with Crippen LogP contribution in [0.4, 0.5) is 0 Å². The van der Waals surface area contributed by atoms with Crippen LogP contribution in [0.3, 0.4) is 0 Å². The van der Waals surface area contributed by atoms with Crippen LogP contribution in [-0.4, -0.2) is 44.7 Å². The standard InChI is InChI=1S/C17H26N2O.ClH/c1-17(8-9-18-12-17)13-19-10-7-15(11-19)14-3-5-16(20-2)6-4-14;/h3-6,15,18H,7-13H2,1-2H3;1H. The van der Waals surface area contributed by atoms with Gasteiger partial charge in [0.2, 0.25) is 0 Å². The van der Waals surface area contributed by atoms with E-state index in [-0.39, 0.29) is 12.4 Å². The van der Waals surface area contributed by atoms with Gasteiger partial charge >= 0.3 is 0 Å². The Kier molecular flexibility index (Phi) is 5.53. The predicted octanol–water partition coefficient (Wildman–Crippen LogP) is 2.91. The summed E-state index contributed by atoms with van der Waals surface area (Å²) in [5.74, 6) is 1.65. The maximum absolute atomic E-state index is 5.24. The molecule has 2 heterocycles. The summed E-state index contributed by atoms with van der Waals surface area (Å²) in [5, 5.41) is 3.50. The quantitative estimate of drug-likeness (QED) is 0.925. The third kappa shape index (κ3) is 3.91. The molecule has 0 amide bonds. The number of methoxy groups -OCH3 is 1. The molecule has 0 radical (unpaired) electrons. The van der Waals surface area contributed by atoms with E-state index in [4.69, 9.17) is 4.74 Å². The van der Waals surface area contributed by atoms with Crippen molar-refractivity contribution in [1.29, 1.82) is 0 Å². The molecule has 0 aromatic heterocycles. The zero-order valence-corrected chi connectivity index (χ0v) is 13.9. The number of halogens is 1. The van der Waals surface area contributed by atoms with Crippen molar-refractivity contribution in [3.63, 3.8) is 0 Å². The number of nitrogens with one attached hydrogen (secondary N) is 1. The highest BCUT2D eigenvalue weighted by Crippen LogP contribution is 2.32. The molecule has 2 aliphatic heterocycles. The lowest BCUT2D eigenvalue weighted by Gasteiger charge is -2.29. The van der Waals surface area contributed by atoms with Crippen LogP contribution in [0.1, 0.15) is 31.2 Å². The first-order valence-corrected chi connectivity index (χ1v) is 7.76. The van der Waals surface area contributed by atoms with Crippen LogP contribution in [0, 0.1) is 5.41 Å². The van der Waals surface area contributed by atoms with E-state index >= 15 is 0 Å². The molecular weight excluding hydrogens is 284 g/mol. The molecule has 0 spiro atoms. The van der Waals surface area contributed by atoms with E-state index < -0.39 is 0 Å². The molecule has 2 saturated heterocycles. The molecule has 1 aromatic rings. The van der Waals surface area contributed by atoms with Crippen LogP contribution < -0.4 is 10.1 Å². The van der Waals surface area contributed by atoms with Crippen LogP contribution in [0.2, 0.25) is 0 Å². The van der Waals surface area contributed by atoms with Crippen molar-refractivity contribution in [1.82, 2.24) is 10.2 Å². The third-order valence-corrected chi connectivity index (χ3v) is 4.92. The largest absolute Gasteiger partial charge is 0.497 e. The molecule has 2 atom stereocenters. The smallest absolute Gasteiger partial charge is 0.118 e. The fourth-order valence-corrected chi connectivity index (χ4v) is 3.67. The zero-order valence-electron chi connectivity index (χ0n) is 13.1. The molecule has 1 aromatic carbocycles. The SMILES string of the molecule is COc1ccc(C2CCN(CC3(C)CCNC3)C2)cc1.Cl. The lowest BCUT2D eigenvalue weighted by atomic mass is 9.89. The average Bonchev–Trinajstić information content (AvgIpc) is 3.09. The molecule has 0 saturated carbocycles. The summed E-state index contributed by atoms with van der Waals surface area (Å²) in [6.45, 7) is 8.48. The summed E-state index contributed by atoms with van der Waals surface area (Å²) >= 11 is 0. The summed E-state index contributed by atoms with van der Waals surface area (Å²) in [5.41, 5.74) is 1.94. The Balaban J connectivity index is 0.00000161. The van der Waals surface area contributed by atoms with Crippen molar-refractivity contribution in [3.8, 4) is 5.75 Å². The summed E-state index contributed by atoms with van der Waals surface area (Å²) in [7, 11) is 1.72. The number of hydrogen-bond acceptors (Lipinski definition) is 3. The van der Waals surface area contributed by atoms with Gasteiger partial charge in [0.15, 0.2) is 0 Å². The Morgan fingerprint density at radius 1 is 1.33 bits per heavy atom. The number of rotatable bonds is 4. The first kappa shape index (κ1) is 16.6. The lowest BCUT2D eigenvalue weighted by Crippen LogP contribution is -2.36. The fourth-order valence-electron chi connectivity index (χ4n) is 3.67. The lowest BCUT2D eigenvalue weighted by molar-refractivity contribution is 0.207. The van der Waals surface area contributed by atoms with Gasteiger partial charge in [0.05, 0.1) is 7.11 Å². The van der Waals surface area contributed by atoms with E-state index in [9.17, 15) is 0 Å². The van der Waals surface area contributed by atoms with Gasteiger partial charge < -0.3 is 15.0 Å². The van der Waals surface area contributed by atoms with Crippen LogP contribution >= 0.6 is 12.4 Å². The minimum absolute atomic E-state index is 0. The minimum Gasteiger partial charge on any atom is -0.497 e. The number of hydrogen-bond donors (Lipinski definition) is 1. The van der Waals surface area contributed by atoms with Gasteiger partial charge in [-0.1, -0.05) is 19.1 Å². The Hall–Kier alpha value is -0.770. The first-order valence-electron chi connectivity index (χ1n) is 7.76. The molecule has 4 heteroatoms. The van der Waals surface area contributed by atoms with Crippen molar-refractivity contribution < 1.29 is 4.74 Å². The molecule has 2 unspecified atom stereocenters. The second kappa shape index (κ2) is 6.99. The van der Waals surface area contributed by atoms with Gasteiger partial charge in [0.1, 0.15) is 5.75 Å². The zero-order chi connectivity index (χ0) is 14.0. The van der Waals surface area contributed by atoms with Crippen LogP contribution in [0.5, 0.6) is 5.75 Å².